The van der Waals surface area contributed by atoms with Crippen LogP contribution in [0.4, 0.5) is 0 Å². The lowest BCUT2D eigenvalue weighted by Gasteiger charge is -2.17. The van der Waals surface area contributed by atoms with E-state index in [1.54, 1.807) is 25.9 Å². The third-order valence-corrected chi connectivity index (χ3v) is 6.63. The maximum absolute atomic E-state index is 11.8. The summed E-state index contributed by atoms with van der Waals surface area (Å²) >= 11 is 1.72. The molecule has 0 saturated carbocycles. The van der Waals surface area contributed by atoms with E-state index in [1.807, 2.05) is 18.2 Å². The SMILES string of the molecule is CN(C)C(=O)CN=C(NCCSc1ccccc1)NC1CCS(=O)(=O)C1. The normalized spacial score (nSPS) is 19.2. The molecule has 1 heterocycles. The van der Waals surface area contributed by atoms with Crippen molar-refractivity contribution in [2.24, 2.45) is 4.99 Å². The first-order valence-corrected chi connectivity index (χ1v) is 11.3. The topological polar surface area (TPSA) is 90.9 Å². The zero-order valence-corrected chi connectivity index (χ0v) is 16.8. The third kappa shape index (κ3) is 7.25. The number of guanidine groups is 1. The molecule has 0 radical (unpaired) electrons. The van der Waals surface area contributed by atoms with Crippen LogP contribution < -0.4 is 10.6 Å². The van der Waals surface area contributed by atoms with Gasteiger partial charge in [0.2, 0.25) is 5.91 Å². The van der Waals surface area contributed by atoms with Crippen LogP contribution in [-0.2, 0) is 14.6 Å². The van der Waals surface area contributed by atoms with Gasteiger partial charge in [0.1, 0.15) is 6.54 Å². The van der Waals surface area contributed by atoms with Crippen molar-refractivity contribution in [2.75, 3.05) is 44.4 Å². The molecule has 2 rings (SSSR count). The third-order valence-electron chi connectivity index (χ3n) is 3.85. The number of amides is 1. The average molecular weight is 399 g/mol. The van der Waals surface area contributed by atoms with E-state index in [0.717, 1.165) is 5.75 Å². The van der Waals surface area contributed by atoms with Gasteiger partial charge in [0.15, 0.2) is 15.8 Å². The van der Waals surface area contributed by atoms with Crippen LogP contribution in [0.15, 0.2) is 40.2 Å². The van der Waals surface area contributed by atoms with Gasteiger partial charge < -0.3 is 15.5 Å². The molecule has 1 unspecified atom stereocenters. The van der Waals surface area contributed by atoms with Gasteiger partial charge in [-0.25, -0.2) is 13.4 Å². The molecule has 1 fully saturated rings. The second-order valence-corrected chi connectivity index (χ2v) is 9.68. The maximum Gasteiger partial charge on any atom is 0.243 e. The van der Waals surface area contributed by atoms with Crippen molar-refractivity contribution in [3.8, 4) is 0 Å². The monoisotopic (exact) mass is 398 g/mol. The standard InChI is InChI=1S/C17H26N4O3S2/c1-21(2)16(22)12-19-17(20-14-8-11-26(23,24)13-14)18-9-10-25-15-6-4-3-5-7-15/h3-7,14H,8-13H2,1-2H3,(H2,18,19,20). The van der Waals surface area contributed by atoms with Crippen molar-refractivity contribution in [1.29, 1.82) is 0 Å². The molecule has 0 aromatic heterocycles. The molecule has 1 aromatic rings. The lowest BCUT2D eigenvalue weighted by atomic mass is 10.3. The summed E-state index contributed by atoms with van der Waals surface area (Å²) in [6.07, 6.45) is 0.559. The van der Waals surface area contributed by atoms with Gasteiger partial charge in [0.05, 0.1) is 11.5 Å². The smallest absolute Gasteiger partial charge is 0.243 e. The number of hydrogen-bond acceptors (Lipinski definition) is 5. The molecule has 2 N–H and O–H groups in total. The predicted octanol–water partition coefficient (Wildman–Crippen LogP) is 0.589. The van der Waals surface area contributed by atoms with Crippen molar-refractivity contribution in [3.63, 3.8) is 0 Å². The van der Waals surface area contributed by atoms with Gasteiger partial charge in [-0.15, -0.1) is 11.8 Å². The minimum absolute atomic E-state index is 0.0215. The summed E-state index contributed by atoms with van der Waals surface area (Å²) in [5.74, 6) is 1.50. The van der Waals surface area contributed by atoms with Crippen LogP contribution in [0.3, 0.4) is 0 Å². The summed E-state index contributed by atoms with van der Waals surface area (Å²) in [6, 6.07) is 9.92. The molecule has 1 aliphatic heterocycles. The van der Waals surface area contributed by atoms with E-state index < -0.39 is 9.84 Å². The summed E-state index contributed by atoms with van der Waals surface area (Å²) < 4.78 is 23.3. The molecule has 1 saturated heterocycles. The average Bonchev–Trinajstić information content (AvgIpc) is 2.95. The fourth-order valence-corrected chi connectivity index (χ4v) is 4.86. The van der Waals surface area contributed by atoms with Crippen LogP contribution in [-0.4, -0.2) is 75.7 Å². The second kappa shape index (κ2) is 9.82. The van der Waals surface area contributed by atoms with Gasteiger partial charge in [-0.3, -0.25) is 4.79 Å². The van der Waals surface area contributed by atoms with Crippen molar-refractivity contribution in [2.45, 2.75) is 17.4 Å². The number of nitrogens with one attached hydrogen (secondary N) is 2. The lowest BCUT2D eigenvalue weighted by Crippen LogP contribution is -2.45. The number of carbonyl (C=O) groups is 1. The minimum atomic E-state index is -2.97. The van der Waals surface area contributed by atoms with Crippen molar-refractivity contribution >= 4 is 33.5 Å². The van der Waals surface area contributed by atoms with E-state index in [9.17, 15) is 13.2 Å². The molecule has 9 heteroatoms. The van der Waals surface area contributed by atoms with Crippen LogP contribution in [0.25, 0.3) is 0 Å². The molecule has 144 valence electrons. The molecule has 0 aliphatic carbocycles. The number of nitrogens with zero attached hydrogens (tertiary/aromatic N) is 2. The minimum Gasteiger partial charge on any atom is -0.356 e. The molecule has 1 atom stereocenters. The molecule has 1 aromatic carbocycles. The first-order valence-electron chi connectivity index (χ1n) is 8.49. The van der Waals surface area contributed by atoms with E-state index in [0.29, 0.717) is 18.9 Å². The van der Waals surface area contributed by atoms with Gasteiger partial charge in [-0.2, -0.15) is 0 Å². The molecule has 0 bridgehead atoms. The van der Waals surface area contributed by atoms with Crippen molar-refractivity contribution in [3.05, 3.63) is 30.3 Å². The van der Waals surface area contributed by atoms with E-state index in [4.69, 9.17) is 0 Å². The number of sulfone groups is 1. The Morgan fingerprint density at radius 1 is 1.31 bits per heavy atom. The van der Waals surface area contributed by atoms with E-state index in [2.05, 4.69) is 27.8 Å². The Hall–Kier alpha value is -1.74. The van der Waals surface area contributed by atoms with E-state index in [1.165, 1.54) is 9.80 Å². The van der Waals surface area contributed by atoms with Gasteiger partial charge in [-0.1, -0.05) is 18.2 Å². The fraction of sp³-hybridized carbons (Fsp3) is 0.529. The first-order chi connectivity index (χ1) is 12.4. The summed E-state index contributed by atoms with van der Waals surface area (Å²) in [5, 5.41) is 6.34. The number of hydrogen-bond donors (Lipinski definition) is 2. The van der Waals surface area contributed by atoms with Gasteiger partial charge >= 0.3 is 0 Å². The summed E-state index contributed by atoms with van der Waals surface area (Å²) in [6.45, 7) is 0.675. The molecular formula is C17H26N4O3S2. The highest BCUT2D eigenvalue weighted by molar-refractivity contribution is 7.99. The van der Waals surface area contributed by atoms with Crippen LogP contribution in [0.1, 0.15) is 6.42 Å². The Kier molecular flexibility index (Phi) is 7.77. The second-order valence-electron chi connectivity index (χ2n) is 6.29. The number of likely N-dealkylation sites (N-methyl/N-ethyl adjacent to an activating group) is 1. The quantitative estimate of drug-likeness (QED) is 0.302. The number of aliphatic imine (C=N–C) groups is 1. The van der Waals surface area contributed by atoms with Gasteiger partial charge in [0.25, 0.3) is 0 Å². The fourth-order valence-electron chi connectivity index (χ4n) is 2.40. The number of carbonyl (C=O) groups excluding carboxylic acids is 1. The highest BCUT2D eigenvalue weighted by atomic mass is 32.2. The zero-order chi connectivity index (χ0) is 19.0. The number of thioether (sulfide) groups is 1. The van der Waals surface area contributed by atoms with Crippen LogP contribution >= 0.6 is 11.8 Å². The van der Waals surface area contributed by atoms with Gasteiger partial charge in [0, 0.05) is 37.3 Å². The van der Waals surface area contributed by atoms with Crippen molar-refractivity contribution < 1.29 is 13.2 Å². The van der Waals surface area contributed by atoms with Gasteiger partial charge in [-0.05, 0) is 18.6 Å². The Morgan fingerprint density at radius 3 is 2.65 bits per heavy atom. The molecule has 0 spiro atoms. The summed E-state index contributed by atoms with van der Waals surface area (Å²) in [7, 11) is 0.386. The Bertz CT molecular complexity index is 721. The lowest BCUT2D eigenvalue weighted by molar-refractivity contribution is -0.127. The molecule has 7 nitrogen and oxygen atoms in total. The number of benzene rings is 1. The van der Waals surface area contributed by atoms with Crippen LogP contribution in [0.2, 0.25) is 0 Å². The molecule has 1 amide bonds. The molecular weight excluding hydrogens is 372 g/mol. The number of rotatable bonds is 7. The highest BCUT2D eigenvalue weighted by Crippen LogP contribution is 2.15. The highest BCUT2D eigenvalue weighted by Gasteiger charge is 2.28. The van der Waals surface area contributed by atoms with Crippen molar-refractivity contribution in [1.82, 2.24) is 15.5 Å². The van der Waals surface area contributed by atoms with Crippen LogP contribution in [0, 0.1) is 0 Å². The first kappa shape index (κ1) is 20.6. The van der Waals surface area contributed by atoms with Crippen LogP contribution in [0.5, 0.6) is 0 Å². The molecule has 1 aliphatic rings. The Balaban J connectivity index is 1.87. The summed E-state index contributed by atoms with van der Waals surface area (Å²) in [4.78, 5) is 18.7. The maximum atomic E-state index is 11.8. The summed E-state index contributed by atoms with van der Waals surface area (Å²) in [5.41, 5.74) is 0. The Labute approximate surface area is 159 Å². The zero-order valence-electron chi connectivity index (χ0n) is 15.1. The van der Waals surface area contributed by atoms with E-state index >= 15 is 0 Å². The molecule has 26 heavy (non-hydrogen) atoms. The van der Waals surface area contributed by atoms with E-state index in [-0.39, 0.29) is 30.0 Å². The Morgan fingerprint density at radius 2 is 2.04 bits per heavy atom. The largest absolute Gasteiger partial charge is 0.356 e. The predicted molar refractivity (Wildman–Crippen MR) is 106 cm³/mol.